The van der Waals surface area contributed by atoms with Crippen LogP contribution in [0.2, 0.25) is 0 Å². The third-order valence-corrected chi connectivity index (χ3v) is 3.99. The Morgan fingerprint density at radius 1 is 0.958 bits per heavy atom. The summed E-state index contributed by atoms with van der Waals surface area (Å²) < 4.78 is 11.2. The zero-order valence-electron chi connectivity index (χ0n) is 12.8. The van der Waals surface area contributed by atoms with E-state index in [-0.39, 0.29) is 11.1 Å². The lowest BCUT2D eigenvalue weighted by atomic mass is 10.2. The van der Waals surface area contributed by atoms with Crippen LogP contribution in [-0.2, 0) is 4.79 Å². The molecule has 0 saturated carbocycles. The van der Waals surface area contributed by atoms with Gasteiger partial charge in [-0.2, -0.15) is 4.99 Å². The number of amides is 1. The normalized spacial score (nSPS) is 15.4. The number of hydrogen-bond acceptors (Lipinski definition) is 5. The minimum atomic E-state index is -0.295. The number of amidine groups is 1. The van der Waals surface area contributed by atoms with Gasteiger partial charge in [-0.15, -0.1) is 0 Å². The van der Waals surface area contributed by atoms with Gasteiger partial charge in [-0.05, 0) is 47.7 Å². The number of hydrogen-bond donors (Lipinski definition) is 1. The maximum absolute atomic E-state index is 11.6. The summed E-state index contributed by atoms with van der Waals surface area (Å²) in [5.41, 5.74) is 6.42. The maximum atomic E-state index is 11.6. The Morgan fingerprint density at radius 3 is 2.17 bits per heavy atom. The Bertz CT molecular complexity index is 771. The molecule has 1 heterocycles. The number of ether oxygens (including phenoxy) is 2. The van der Waals surface area contributed by atoms with Gasteiger partial charge in [0.1, 0.15) is 24.7 Å². The van der Waals surface area contributed by atoms with Crippen LogP contribution in [0, 0.1) is 0 Å². The van der Waals surface area contributed by atoms with Gasteiger partial charge in [0, 0.05) is 0 Å². The molecule has 3 rings (SSSR count). The topological polar surface area (TPSA) is 73.9 Å². The first-order valence-corrected chi connectivity index (χ1v) is 8.21. The van der Waals surface area contributed by atoms with E-state index in [9.17, 15) is 4.79 Å². The molecule has 0 aliphatic carbocycles. The van der Waals surface area contributed by atoms with Crippen molar-refractivity contribution in [3.05, 3.63) is 65.1 Å². The Hall–Kier alpha value is -2.73. The Balaban J connectivity index is 1.48. The Labute approximate surface area is 144 Å². The van der Waals surface area contributed by atoms with Crippen LogP contribution in [0.3, 0.4) is 0 Å². The molecular weight excluding hydrogens is 324 g/mol. The van der Waals surface area contributed by atoms with E-state index in [1.165, 1.54) is 11.8 Å². The summed E-state index contributed by atoms with van der Waals surface area (Å²) in [5.74, 6) is 1.27. The predicted octanol–water partition coefficient (Wildman–Crippen LogP) is 3.07. The monoisotopic (exact) mass is 340 g/mol. The molecule has 0 unspecified atom stereocenters. The molecule has 1 aliphatic rings. The fourth-order valence-electron chi connectivity index (χ4n) is 2.07. The molecule has 1 aliphatic heterocycles. The number of nitrogens with zero attached hydrogens (tertiary/aromatic N) is 1. The van der Waals surface area contributed by atoms with Crippen LogP contribution in [0.4, 0.5) is 0 Å². The molecule has 0 atom stereocenters. The van der Waals surface area contributed by atoms with Crippen LogP contribution in [0.25, 0.3) is 6.08 Å². The summed E-state index contributed by atoms with van der Waals surface area (Å²) in [6.45, 7) is 0.922. The van der Waals surface area contributed by atoms with E-state index < -0.39 is 0 Å². The molecule has 2 N–H and O–H groups in total. The number of thioether (sulfide) groups is 1. The summed E-state index contributed by atoms with van der Waals surface area (Å²) in [6.07, 6.45) is 1.76. The van der Waals surface area contributed by atoms with E-state index in [4.69, 9.17) is 15.2 Å². The van der Waals surface area contributed by atoms with Gasteiger partial charge >= 0.3 is 0 Å². The molecule has 6 heteroatoms. The number of carbonyl (C=O) groups excluding carboxylic acids is 1. The average molecular weight is 340 g/mol. The lowest BCUT2D eigenvalue weighted by Gasteiger charge is -2.08. The highest BCUT2D eigenvalue weighted by Gasteiger charge is 2.19. The number of rotatable bonds is 6. The molecule has 24 heavy (non-hydrogen) atoms. The summed E-state index contributed by atoms with van der Waals surface area (Å²) in [6, 6.07) is 17.1. The molecule has 0 fully saturated rings. The minimum absolute atomic E-state index is 0.282. The minimum Gasteiger partial charge on any atom is -0.490 e. The molecule has 0 saturated heterocycles. The maximum Gasteiger partial charge on any atom is 0.286 e. The number of benzene rings is 2. The van der Waals surface area contributed by atoms with Crippen LogP contribution in [-0.4, -0.2) is 24.3 Å². The molecule has 2 aromatic rings. The quantitative estimate of drug-likeness (QED) is 0.646. The largest absolute Gasteiger partial charge is 0.490 e. The van der Waals surface area contributed by atoms with Gasteiger partial charge in [0.2, 0.25) is 0 Å². The lowest BCUT2D eigenvalue weighted by molar-refractivity contribution is -0.113. The van der Waals surface area contributed by atoms with E-state index in [1.807, 2.05) is 54.6 Å². The summed E-state index contributed by atoms with van der Waals surface area (Å²) >= 11 is 1.18. The number of aliphatic imine (C=N–C) groups is 1. The van der Waals surface area contributed by atoms with Crippen LogP contribution in [0.1, 0.15) is 5.56 Å². The molecule has 5 nitrogen and oxygen atoms in total. The molecule has 1 amide bonds. The summed E-state index contributed by atoms with van der Waals surface area (Å²) in [4.78, 5) is 15.7. The summed E-state index contributed by atoms with van der Waals surface area (Å²) in [5, 5.41) is 0.282. The van der Waals surface area contributed by atoms with E-state index in [1.54, 1.807) is 6.08 Å². The van der Waals surface area contributed by atoms with Crippen LogP contribution in [0.15, 0.2) is 64.5 Å². The first kappa shape index (κ1) is 16.1. The Morgan fingerprint density at radius 2 is 1.58 bits per heavy atom. The van der Waals surface area contributed by atoms with Crippen molar-refractivity contribution in [1.82, 2.24) is 0 Å². The second kappa shape index (κ2) is 7.70. The molecule has 2 aromatic carbocycles. The van der Waals surface area contributed by atoms with Gasteiger partial charge in [0.25, 0.3) is 5.91 Å². The fraction of sp³-hybridized carbons (Fsp3) is 0.111. The smallest absolute Gasteiger partial charge is 0.286 e. The molecular formula is C18H16N2O3S. The number of carbonyl (C=O) groups is 1. The van der Waals surface area contributed by atoms with Crippen molar-refractivity contribution in [1.29, 1.82) is 0 Å². The summed E-state index contributed by atoms with van der Waals surface area (Å²) in [7, 11) is 0. The SMILES string of the molecule is NC1=NC(=O)C(=Cc2ccc(OCCOc3ccccc3)cc2)S1. The zero-order chi connectivity index (χ0) is 16.8. The van der Waals surface area contributed by atoms with Crippen molar-refractivity contribution in [3.8, 4) is 11.5 Å². The van der Waals surface area contributed by atoms with Crippen LogP contribution >= 0.6 is 11.8 Å². The third-order valence-electron chi connectivity index (χ3n) is 3.18. The van der Waals surface area contributed by atoms with Crippen LogP contribution < -0.4 is 15.2 Å². The van der Waals surface area contributed by atoms with E-state index >= 15 is 0 Å². The number of para-hydroxylation sites is 1. The van der Waals surface area contributed by atoms with Crippen molar-refractivity contribution >= 4 is 28.9 Å². The number of nitrogens with two attached hydrogens (primary N) is 1. The van der Waals surface area contributed by atoms with Crippen molar-refractivity contribution < 1.29 is 14.3 Å². The van der Waals surface area contributed by atoms with Gasteiger partial charge in [0.05, 0.1) is 4.91 Å². The van der Waals surface area contributed by atoms with Crippen molar-refractivity contribution in [2.45, 2.75) is 0 Å². The van der Waals surface area contributed by atoms with Crippen molar-refractivity contribution in [3.63, 3.8) is 0 Å². The average Bonchev–Trinajstić information content (AvgIpc) is 2.91. The van der Waals surface area contributed by atoms with Gasteiger partial charge in [0.15, 0.2) is 5.17 Å². The second-order valence-corrected chi connectivity index (χ2v) is 6.01. The standard InChI is InChI=1S/C18H16N2O3S/c19-18-20-17(21)16(24-18)12-13-6-8-15(9-7-13)23-11-10-22-14-4-2-1-3-5-14/h1-9,12H,10-11H2,(H2,19,20,21). The molecule has 0 bridgehead atoms. The molecule has 0 spiro atoms. The zero-order valence-corrected chi connectivity index (χ0v) is 13.7. The van der Waals surface area contributed by atoms with E-state index in [0.717, 1.165) is 17.1 Å². The van der Waals surface area contributed by atoms with Gasteiger partial charge < -0.3 is 15.2 Å². The van der Waals surface area contributed by atoms with Gasteiger partial charge in [-0.25, -0.2) is 0 Å². The van der Waals surface area contributed by atoms with Crippen molar-refractivity contribution in [2.24, 2.45) is 10.7 Å². The highest BCUT2D eigenvalue weighted by molar-refractivity contribution is 8.18. The van der Waals surface area contributed by atoms with Crippen LogP contribution in [0.5, 0.6) is 11.5 Å². The lowest BCUT2D eigenvalue weighted by Crippen LogP contribution is -2.08. The molecule has 0 aromatic heterocycles. The van der Waals surface area contributed by atoms with Crippen molar-refractivity contribution in [2.75, 3.05) is 13.2 Å². The van der Waals surface area contributed by atoms with Gasteiger partial charge in [-0.1, -0.05) is 30.3 Å². The van der Waals surface area contributed by atoms with Gasteiger partial charge in [-0.3, -0.25) is 4.79 Å². The van der Waals surface area contributed by atoms with E-state index in [2.05, 4.69) is 4.99 Å². The highest BCUT2D eigenvalue weighted by atomic mass is 32.2. The fourth-order valence-corrected chi connectivity index (χ4v) is 2.75. The highest BCUT2D eigenvalue weighted by Crippen LogP contribution is 2.26. The molecule has 0 radical (unpaired) electrons. The third kappa shape index (κ3) is 4.39. The first-order valence-electron chi connectivity index (χ1n) is 7.39. The molecule has 122 valence electrons. The van der Waals surface area contributed by atoms with E-state index in [0.29, 0.717) is 18.1 Å². The second-order valence-electron chi connectivity index (χ2n) is 4.94. The first-order chi connectivity index (χ1) is 11.7. The predicted molar refractivity (Wildman–Crippen MR) is 96.1 cm³/mol. The Kier molecular flexibility index (Phi) is 5.18.